The molecule has 0 unspecified atom stereocenters. The second kappa shape index (κ2) is 12.1. The van der Waals surface area contributed by atoms with Crippen molar-refractivity contribution < 1.29 is 9.59 Å². The van der Waals surface area contributed by atoms with Crippen LogP contribution in [0, 0.1) is 0 Å². The fraction of sp³-hybridized carbons (Fsp3) is 0.467. The van der Waals surface area contributed by atoms with Gasteiger partial charge in [-0.1, -0.05) is 6.92 Å². The van der Waals surface area contributed by atoms with Crippen molar-refractivity contribution in [3.8, 4) is 0 Å². The number of hydrogen-bond acceptors (Lipinski definition) is 4. The van der Waals surface area contributed by atoms with Crippen molar-refractivity contribution >= 4 is 48.0 Å². The van der Waals surface area contributed by atoms with E-state index in [1.165, 1.54) is 0 Å². The molecule has 1 aromatic carbocycles. The van der Waals surface area contributed by atoms with Crippen LogP contribution in [-0.4, -0.2) is 43.4 Å². The summed E-state index contributed by atoms with van der Waals surface area (Å²) in [4.78, 5) is 25.3. The Morgan fingerprint density at radius 2 is 1.57 bits per heavy atom. The summed E-state index contributed by atoms with van der Waals surface area (Å²) in [7, 11) is 3.84. The van der Waals surface area contributed by atoms with Crippen LogP contribution >= 0.6 is 24.8 Å². The Bertz CT molecular complexity index is 481. The molecule has 1 aromatic rings. The van der Waals surface area contributed by atoms with Gasteiger partial charge in [-0.05, 0) is 44.8 Å². The van der Waals surface area contributed by atoms with E-state index in [1.54, 1.807) is 24.3 Å². The van der Waals surface area contributed by atoms with Crippen molar-refractivity contribution in [2.75, 3.05) is 31.3 Å². The van der Waals surface area contributed by atoms with Crippen molar-refractivity contribution in [2.45, 2.75) is 25.8 Å². The van der Waals surface area contributed by atoms with Crippen molar-refractivity contribution in [3.63, 3.8) is 0 Å². The zero-order valence-corrected chi connectivity index (χ0v) is 15.3. The average molecular weight is 365 g/mol. The van der Waals surface area contributed by atoms with Gasteiger partial charge in [0.15, 0.2) is 0 Å². The lowest BCUT2D eigenvalue weighted by molar-refractivity contribution is -0.117. The normalized spacial score (nSPS) is 11.0. The third kappa shape index (κ3) is 9.40. The summed E-state index contributed by atoms with van der Waals surface area (Å²) in [5, 5.41) is 5.54. The number of carbonyl (C=O) groups excluding carboxylic acids is 2. The number of benzene rings is 1. The van der Waals surface area contributed by atoms with Crippen molar-refractivity contribution in [1.29, 1.82) is 0 Å². The standard InChI is InChI=1S/C15H24N4O2.2ClH/c1-4-13(16)15(21)18-12-7-5-11(6-8-12)17-14(20)9-10-19(2)3;;/h5-8,13H,4,9-10,16H2,1-3H3,(H,17,20)(H,18,21);2*1H/t13-;;/m0../s1. The van der Waals surface area contributed by atoms with Crippen LogP contribution in [0.4, 0.5) is 11.4 Å². The molecule has 4 N–H and O–H groups in total. The molecule has 0 aliphatic carbocycles. The molecule has 132 valence electrons. The van der Waals surface area contributed by atoms with Gasteiger partial charge in [0.25, 0.3) is 0 Å². The highest BCUT2D eigenvalue weighted by molar-refractivity contribution is 5.95. The summed E-state index contributed by atoms with van der Waals surface area (Å²) in [6, 6.07) is 6.47. The first-order valence-electron chi connectivity index (χ1n) is 7.03. The maximum absolute atomic E-state index is 11.7. The van der Waals surface area contributed by atoms with Gasteiger partial charge in [-0.3, -0.25) is 9.59 Å². The first-order valence-corrected chi connectivity index (χ1v) is 7.03. The molecular weight excluding hydrogens is 339 g/mol. The highest BCUT2D eigenvalue weighted by Crippen LogP contribution is 2.14. The van der Waals surface area contributed by atoms with E-state index in [2.05, 4.69) is 10.6 Å². The van der Waals surface area contributed by atoms with Gasteiger partial charge >= 0.3 is 0 Å². The Kier molecular flexibility index (Phi) is 12.6. The van der Waals surface area contributed by atoms with Crippen LogP contribution < -0.4 is 16.4 Å². The van der Waals surface area contributed by atoms with Gasteiger partial charge in [0, 0.05) is 24.3 Å². The van der Waals surface area contributed by atoms with Gasteiger partial charge in [-0.15, -0.1) is 24.8 Å². The van der Waals surface area contributed by atoms with Crippen LogP contribution in [0.15, 0.2) is 24.3 Å². The van der Waals surface area contributed by atoms with Crippen LogP contribution in [0.1, 0.15) is 19.8 Å². The lowest BCUT2D eigenvalue weighted by atomic mass is 10.2. The largest absolute Gasteiger partial charge is 0.326 e. The SMILES string of the molecule is CC[C@H](N)C(=O)Nc1ccc(NC(=O)CCN(C)C)cc1.Cl.Cl. The second-order valence-corrected chi connectivity index (χ2v) is 5.18. The number of nitrogens with two attached hydrogens (primary N) is 1. The summed E-state index contributed by atoms with van der Waals surface area (Å²) in [5.41, 5.74) is 7.01. The van der Waals surface area contributed by atoms with E-state index >= 15 is 0 Å². The summed E-state index contributed by atoms with van der Waals surface area (Å²) in [6.07, 6.45) is 1.03. The Labute approximate surface area is 150 Å². The average Bonchev–Trinajstić information content (AvgIpc) is 2.46. The summed E-state index contributed by atoms with van der Waals surface area (Å²) < 4.78 is 0. The smallest absolute Gasteiger partial charge is 0.241 e. The quantitative estimate of drug-likeness (QED) is 0.691. The predicted molar refractivity (Wildman–Crippen MR) is 99.6 cm³/mol. The second-order valence-electron chi connectivity index (χ2n) is 5.18. The molecule has 0 aliphatic heterocycles. The first kappa shape index (κ1) is 23.9. The van der Waals surface area contributed by atoms with E-state index in [0.29, 0.717) is 30.8 Å². The molecule has 0 spiro atoms. The Morgan fingerprint density at radius 1 is 1.09 bits per heavy atom. The van der Waals surface area contributed by atoms with Gasteiger partial charge < -0.3 is 21.3 Å². The summed E-state index contributed by atoms with van der Waals surface area (Å²) in [5.74, 6) is -0.242. The molecule has 23 heavy (non-hydrogen) atoms. The van der Waals surface area contributed by atoms with Crippen molar-refractivity contribution in [3.05, 3.63) is 24.3 Å². The highest BCUT2D eigenvalue weighted by Gasteiger charge is 2.10. The van der Waals surface area contributed by atoms with E-state index in [4.69, 9.17) is 5.73 Å². The van der Waals surface area contributed by atoms with Gasteiger partial charge in [0.2, 0.25) is 11.8 Å². The monoisotopic (exact) mass is 364 g/mol. The van der Waals surface area contributed by atoms with Crippen molar-refractivity contribution in [1.82, 2.24) is 4.90 Å². The molecule has 0 aromatic heterocycles. The molecule has 0 heterocycles. The number of amides is 2. The topological polar surface area (TPSA) is 87.5 Å². The van der Waals surface area contributed by atoms with E-state index in [-0.39, 0.29) is 36.6 Å². The van der Waals surface area contributed by atoms with Gasteiger partial charge in [-0.25, -0.2) is 0 Å². The fourth-order valence-electron chi connectivity index (χ4n) is 1.61. The van der Waals surface area contributed by atoms with Crippen LogP contribution in [0.25, 0.3) is 0 Å². The number of nitrogens with one attached hydrogen (secondary N) is 2. The molecule has 6 nitrogen and oxygen atoms in total. The molecule has 0 saturated carbocycles. The predicted octanol–water partition coefficient (Wildman–Crippen LogP) is 2.10. The Hall–Kier alpha value is -1.34. The number of halogens is 2. The van der Waals surface area contributed by atoms with Gasteiger partial charge in [0.1, 0.15) is 0 Å². The van der Waals surface area contributed by atoms with Gasteiger partial charge in [-0.2, -0.15) is 0 Å². The van der Waals surface area contributed by atoms with E-state index in [9.17, 15) is 9.59 Å². The first-order chi connectivity index (χ1) is 9.92. The van der Waals surface area contributed by atoms with E-state index in [0.717, 1.165) is 0 Å². The van der Waals surface area contributed by atoms with Crippen LogP contribution in [0.2, 0.25) is 0 Å². The minimum Gasteiger partial charge on any atom is -0.326 e. The third-order valence-electron chi connectivity index (χ3n) is 3.00. The zero-order chi connectivity index (χ0) is 15.8. The Balaban J connectivity index is 0. The van der Waals surface area contributed by atoms with Crippen LogP contribution in [0.3, 0.4) is 0 Å². The minimum atomic E-state index is -0.504. The number of carbonyl (C=O) groups is 2. The molecule has 0 saturated heterocycles. The Morgan fingerprint density at radius 3 is 2.00 bits per heavy atom. The van der Waals surface area contributed by atoms with Crippen molar-refractivity contribution in [2.24, 2.45) is 5.73 Å². The summed E-state index contributed by atoms with van der Waals surface area (Å²) >= 11 is 0. The number of anilines is 2. The van der Waals surface area contributed by atoms with E-state index in [1.807, 2.05) is 25.9 Å². The lowest BCUT2D eigenvalue weighted by Gasteiger charge is -2.12. The maximum Gasteiger partial charge on any atom is 0.241 e. The zero-order valence-electron chi connectivity index (χ0n) is 13.7. The molecule has 1 rings (SSSR count). The van der Waals surface area contributed by atoms with Crippen LogP contribution in [-0.2, 0) is 9.59 Å². The number of hydrogen-bond donors (Lipinski definition) is 3. The molecule has 0 fully saturated rings. The molecular formula is C15H26Cl2N4O2. The molecule has 1 atom stereocenters. The molecule has 8 heteroatoms. The highest BCUT2D eigenvalue weighted by atomic mass is 35.5. The maximum atomic E-state index is 11.7. The number of nitrogens with zero attached hydrogens (tertiary/aromatic N) is 1. The number of rotatable bonds is 7. The molecule has 2 amide bonds. The lowest BCUT2D eigenvalue weighted by Crippen LogP contribution is -2.34. The van der Waals surface area contributed by atoms with Crippen LogP contribution in [0.5, 0.6) is 0 Å². The summed E-state index contributed by atoms with van der Waals surface area (Å²) in [6.45, 7) is 2.56. The molecule has 0 radical (unpaired) electrons. The van der Waals surface area contributed by atoms with E-state index < -0.39 is 6.04 Å². The molecule has 0 aliphatic rings. The van der Waals surface area contributed by atoms with Gasteiger partial charge in [0.05, 0.1) is 6.04 Å². The fourth-order valence-corrected chi connectivity index (χ4v) is 1.61. The molecule has 0 bridgehead atoms. The minimum absolute atomic E-state index is 0. The third-order valence-corrected chi connectivity index (χ3v) is 3.00.